The number of rotatable bonds is 4. The standard InChI is InChI=1S/C17H24N2O3.ClH/c1-11-8-14(21-2)15(22-3)9-13(11)19-16(20)12-10-17(12)4-6-18-7-5-17;/h8-9,12,18H,4-7,10H2,1-3H3,(H,19,20);1H. The van der Waals surface area contributed by atoms with Gasteiger partial charge < -0.3 is 20.1 Å². The first kappa shape index (κ1) is 17.9. The van der Waals surface area contributed by atoms with Crippen molar-refractivity contribution in [2.75, 3.05) is 32.6 Å². The fourth-order valence-corrected chi connectivity index (χ4v) is 3.53. The summed E-state index contributed by atoms with van der Waals surface area (Å²) in [4.78, 5) is 12.6. The predicted octanol–water partition coefficient (Wildman–Crippen LogP) is 2.76. The number of methoxy groups -OCH3 is 2. The van der Waals surface area contributed by atoms with E-state index in [1.807, 2.05) is 19.1 Å². The molecular weight excluding hydrogens is 316 g/mol. The number of piperidine rings is 1. The lowest BCUT2D eigenvalue weighted by Gasteiger charge is -2.23. The van der Waals surface area contributed by atoms with Gasteiger partial charge in [0.25, 0.3) is 0 Å². The van der Waals surface area contributed by atoms with Crippen LogP contribution in [0.15, 0.2) is 12.1 Å². The van der Waals surface area contributed by atoms with E-state index in [1.54, 1.807) is 14.2 Å². The molecule has 1 aromatic rings. The summed E-state index contributed by atoms with van der Waals surface area (Å²) < 4.78 is 10.6. The molecule has 2 fully saturated rings. The molecule has 1 saturated carbocycles. The van der Waals surface area contributed by atoms with Crippen LogP contribution in [0, 0.1) is 18.3 Å². The number of carbonyl (C=O) groups excluding carboxylic acids is 1. The second-order valence-electron chi connectivity index (χ2n) is 6.38. The summed E-state index contributed by atoms with van der Waals surface area (Å²) in [6.45, 7) is 4.02. The molecule has 1 aliphatic carbocycles. The molecule has 3 rings (SSSR count). The number of hydrogen-bond acceptors (Lipinski definition) is 4. The topological polar surface area (TPSA) is 59.6 Å². The van der Waals surface area contributed by atoms with Gasteiger partial charge in [0.05, 0.1) is 14.2 Å². The van der Waals surface area contributed by atoms with Gasteiger partial charge in [-0.2, -0.15) is 0 Å². The molecule has 2 aliphatic rings. The van der Waals surface area contributed by atoms with E-state index in [2.05, 4.69) is 10.6 Å². The smallest absolute Gasteiger partial charge is 0.228 e. The number of amides is 1. The zero-order valence-electron chi connectivity index (χ0n) is 13.9. The van der Waals surface area contributed by atoms with Crippen molar-refractivity contribution in [1.29, 1.82) is 0 Å². The molecule has 0 bridgehead atoms. The zero-order chi connectivity index (χ0) is 15.7. The molecule has 1 aromatic carbocycles. The Labute approximate surface area is 143 Å². The Hall–Kier alpha value is -1.46. The predicted molar refractivity (Wildman–Crippen MR) is 92.8 cm³/mol. The van der Waals surface area contributed by atoms with Gasteiger partial charge in [0, 0.05) is 17.7 Å². The molecule has 1 heterocycles. The number of aryl methyl sites for hydroxylation is 1. The van der Waals surface area contributed by atoms with Gasteiger partial charge in [0.15, 0.2) is 11.5 Å². The van der Waals surface area contributed by atoms with Gasteiger partial charge in [-0.1, -0.05) is 0 Å². The van der Waals surface area contributed by atoms with Crippen molar-refractivity contribution in [3.8, 4) is 11.5 Å². The molecule has 1 saturated heterocycles. The third-order valence-corrected chi connectivity index (χ3v) is 5.09. The van der Waals surface area contributed by atoms with Crippen LogP contribution < -0.4 is 20.1 Å². The van der Waals surface area contributed by atoms with Crippen LogP contribution in [-0.4, -0.2) is 33.2 Å². The molecule has 0 aromatic heterocycles. The van der Waals surface area contributed by atoms with Crippen molar-refractivity contribution in [3.05, 3.63) is 17.7 Å². The van der Waals surface area contributed by atoms with E-state index in [9.17, 15) is 4.79 Å². The van der Waals surface area contributed by atoms with Gasteiger partial charge in [-0.3, -0.25) is 4.79 Å². The zero-order valence-corrected chi connectivity index (χ0v) is 14.7. The van der Waals surface area contributed by atoms with E-state index < -0.39 is 0 Å². The average molecular weight is 341 g/mol. The van der Waals surface area contributed by atoms with Crippen molar-refractivity contribution in [2.24, 2.45) is 11.3 Å². The summed E-state index contributed by atoms with van der Waals surface area (Å²) in [5, 5.41) is 6.44. The maximum Gasteiger partial charge on any atom is 0.228 e. The minimum atomic E-state index is 0. The van der Waals surface area contributed by atoms with Crippen LogP contribution in [0.2, 0.25) is 0 Å². The van der Waals surface area contributed by atoms with E-state index in [-0.39, 0.29) is 29.6 Å². The van der Waals surface area contributed by atoms with Crippen LogP contribution in [0.25, 0.3) is 0 Å². The Bertz CT molecular complexity index is 585. The highest BCUT2D eigenvalue weighted by atomic mass is 35.5. The quantitative estimate of drug-likeness (QED) is 0.884. The lowest BCUT2D eigenvalue weighted by molar-refractivity contribution is -0.118. The highest BCUT2D eigenvalue weighted by molar-refractivity contribution is 5.96. The van der Waals surface area contributed by atoms with Crippen LogP contribution in [-0.2, 0) is 4.79 Å². The van der Waals surface area contributed by atoms with E-state index in [0.717, 1.165) is 43.6 Å². The van der Waals surface area contributed by atoms with E-state index in [1.165, 1.54) is 0 Å². The molecule has 5 nitrogen and oxygen atoms in total. The number of anilines is 1. The Balaban J connectivity index is 0.00000192. The number of carbonyl (C=O) groups is 1. The third-order valence-electron chi connectivity index (χ3n) is 5.09. The van der Waals surface area contributed by atoms with Crippen molar-refractivity contribution in [1.82, 2.24) is 5.32 Å². The van der Waals surface area contributed by atoms with Gasteiger partial charge in [-0.15, -0.1) is 12.4 Å². The van der Waals surface area contributed by atoms with Gasteiger partial charge in [0.2, 0.25) is 5.91 Å². The average Bonchev–Trinajstić information content (AvgIpc) is 3.22. The molecule has 128 valence electrons. The highest BCUT2D eigenvalue weighted by Gasteiger charge is 2.57. The lowest BCUT2D eigenvalue weighted by Crippen LogP contribution is -2.31. The Morgan fingerprint density at radius 3 is 2.43 bits per heavy atom. The van der Waals surface area contributed by atoms with Crippen LogP contribution in [0.3, 0.4) is 0 Å². The Morgan fingerprint density at radius 2 is 1.83 bits per heavy atom. The van der Waals surface area contributed by atoms with Crippen molar-refractivity contribution >= 4 is 24.0 Å². The number of halogens is 1. The van der Waals surface area contributed by atoms with Crippen molar-refractivity contribution < 1.29 is 14.3 Å². The summed E-state index contributed by atoms with van der Waals surface area (Å²) in [6, 6.07) is 3.73. The molecule has 23 heavy (non-hydrogen) atoms. The van der Waals surface area contributed by atoms with Gasteiger partial charge in [-0.05, 0) is 56.3 Å². The molecule has 0 radical (unpaired) electrons. The molecular formula is C17H25ClN2O3. The van der Waals surface area contributed by atoms with Gasteiger partial charge >= 0.3 is 0 Å². The van der Waals surface area contributed by atoms with E-state index in [4.69, 9.17) is 9.47 Å². The molecule has 2 N–H and O–H groups in total. The lowest BCUT2D eigenvalue weighted by atomic mass is 9.91. The summed E-state index contributed by atoms with van der Waals surface area (Å²) in [7, 11) is 3.21. The number of benzene rings is 1. The maximum atomic E-state index is 12.6. The fourth-order valence-electron chi connectivity index (χ4n) is 3.53. The van der Waals surface area contributed by atoms with Gasteiger partial charge in [-0.25, -0.2) is 0 Å². The van der Waals surface area contributed by atoms with Crippen molar-refractivity contribution in [2.45, 2.75) is 26.2 Å². The third kappa shape index (κ3) is 3.40. The molecule has 1 spiro atoms. The monoisotopic (exact) mass is 340 g/mol. The van der Waals surface area contributed by atoms with Crippen LogP contribution >= 0.6 is 12.4 Å². The summed E-state index contributed by atoms with van der Waals surface area (Å²) in [5.74, 6) is 1.61. The van der Waals surface area contributed by atoms with Crippen LogP contribution in [0.1, 0.15) is 24.8 Å². The summed E-state index contributed by atoms with van der Waals surface area (Å²) in [5.41, 5.74) is 2.03. The first-order chi connectivity index (χ1) is 10.6. The SMILES string of the molecule is COc1cc(C)c(NC(=O)C2CC23CCNCC3)cc1OC.Cl. The first-order valence-corrected chi connectivity index (χ1v) is 7.84. The Kier molecular flexibility index (Phi) is 5.42. The molecule has 1 atom stereocenters. The minimum absolute atomic E-state index is 0. The molecule has 6 heteroatoms. The summed E-state index contributed by atoms with van der Waals surface area (Å²) in [6.07, 6.45) is 3.23. The normalized spacial score (nSPS) is 21.3. The number of hydrogen-bond donors (Lipinski definition) is 2. The number of ether oxygens (including phenoxy) is 2. The van der Waals surface area contributed by atoms with E-state index >= 15 is 0 Å². The van der Waals surface area contributed by atoms with Crippen LogP contribution in [0.4, 0.5) is 5.69 Å². The maximum absolute atomic E-state index is 12.6. The largest absolute Gasteiger partial charge is 0.493 e. The fraction of sp³-hybridized carbons (Fsp3) is 0.588. The Morgan fingerprint density at radius 1 is 1.22 bits per heavy atom. The number of nitrogens with one attached hydrogen (secondary N) is 2. The highest BCUT2D eigenvalue weighted by Crippen LogP contribution is 2.58. The molecule has 1 aliphatic heterocycles. The second-order valence-corrected chi connectivity index (χ2v) is 6.38. The summed E-state index contributed by atoms with van der Waals surface area (Å²) >= 11 is 0. The molecule has 1 unspecified atom stereocenters. The van der Waals surface area contributed by atoms with E-state index in [0.29, 0.717) is 11.5 Å². The molecule has 1 amide bonds. The first-order valence-electron chi connectivity index (χ1n) is 7.84. The minimum Gasteiger partial charge on any atom is -0.493 e. The van der Waals surface area contributed by atoms with Crippen LogP contribution in [0.5, 0.6) is 11.5 Å². The van der Waals surface area contributed by atoms with Gasteiger partial charge in [0.1, 0.15) is 0 Å². The van der Waals surface area contributed by atoms with Crippen molar-refractivity contribution in [3.63, 3.8) is 0 Å². The second kappa shape index (κ2) is 6.97.